The van der Waals surface area contributed by atoms with Crippen molar-refractivity contribution in [3.8, 4) is 5.75 Å². The Morgan fingerprint density at radius 3 is 2.77 bits per heavy atom. The first-order valence-corrected chi connectivity index (χ1v) is 9.93. The number of thioether (sulfide) groups is 1. The van der Waals surface area contributed by atoms with E-state index in [9.17, 15) is 4.79 Å². The van der Waals surface area contributed by atoms with Gasteiger partial charge in [-0.2, -0.15) is 0 Å². The third-order valence-corrected chi connectivity index (χ3v) is 5.49. The second-order valence-electron chi connectivity index (χ2n) is 5.75. The Bertz CT molecular complexity index is 814. The Balaban J connectivity index is 1.61. The summed E-state index contributed by atoms with van der Waals surface area (Å²) in [6.45, 7) is 2.92. The summed E-state index contributed by atoms with van der Waals surface area (Å²) in [6.07, 6.45) is -0.583. The van der Waals surface area contributed by atoms with Crippen molar-refractivity contribution in [1.82, 2.24) is 4.90 Å². The molecular weight excluding hydrogens is 391 g/mol. The highest BCUT2D eigenvalue weighted by atomic mass is 35.5. The number of carbonyl (C=O) groups is 1. The predicted molar refractivity (Wildman–Crippen MR) is 108 cm³/mol. The molecule has 1 aliphatic rings. The minimum atomic E-state index is -0.583. The van der Waals surface area contributed by atoms with Crippen LogP contribution in [0, 0.1) is 0 Å². The molecule has 1 heterocycles. The van der Waals surface area contributed by atoms with Gasteiger partial charge in [0.2, 0.25) is 0 Å². The molecule has 0 spiro atoms. The van der Waals surface area contributed by atoms with Crippen LogP contribution >= 0.6 is 35.0 Å². The summed E-state index contributed by atoms with van der Waals surface area (Å²) in [4.78, 5) is 18.9. The highest BCUT2D eigenvalue weighted by Crippen LogP contribution is 2.27. The standard InChI is InChI=1S/C19H18Cl2N2O2S/c1-13(25-16-5-3-2-4-6-16)18(24)23-10-9-22-19(23)26-12-14-7-8-15(20)11-17(14)21/h2-8,11,13H,9-10,12H2,1H3. The lowest BCUT2D eigenvalue weighted by Crippen LogP contribution is -2.41. The maximum Gasteiger partial charge on any atom is 0.269 e. The monoisotopic (exact) mass is 408 g/mol. The molecule has 0 N–H and O–H groups in total. The molecule has 1 amide bonds. The smallest absolute Gasteiger partial charge is 0.269 e. The minimum absolute atomic E-state index is 0.0974. The number of hydrogen-bond acceptors (Lipinski definition) is 4. The molecule has 2 aromatic carbocycles. The van der Waals surface area contributed by atoms with E-state index in [0.29, 0.717) is 39.8 Å². The van der Waals surface area contributed by atoms with Gasteiger partial charge in [0.1, 0.15) is 5.75 Å². The normalized spacial score (nSPS) is 14.9. The lowest BCUT2D eigenvalue weighted by molar-refractivity contribution is -0.133. The fraction of sp³-hybridized carbons (Fsp3) is 0.263. The van der Waals surface area contributed by atoms with Gasteiger partial charge in [0, 0.05) is 22.3 Å². The third-order valence-electron chi connectivity index (χ3n) is 3.84. The van der Waals surface area contributed by atoms with Crippen molar-refractivity contribution in [1.29, 1.82) is 0 Å². The van der Waals surface area contributed by atoms with Crippen LogP contribution in [-0.4, -0.2) is 35.2 Å². The van der Waals surface area contributed by atoms with E-state index in [1.807, 2.05) is 36.4 Å². The summed E-state index contributed by atoms with van der Waals surface area (Å²) < 4.78 is 5.74. The maximum atomic E-state index is 12.7. The molecule has 3 rings (SSSR count). The molecule has 0 saturated heterocycles. The Kier molecular flexibility index (Phi) is 6.46. The molecule has 0 radical (unpaired) electrons. The van der Waals surface area contributed by atoms with Gasteiger partial charge in [-0.3, -0.25) is 14.7 Å². The van der Waals surface area contributed by atoms with E-state index in [0.717, 1.165) is 5.56 Å². The maximum absolute atomic E-state index is 12.7. The van der Waals surface area contributed by atoms with Gasteiger partial charge in [0.25, 0.3) is 5.91 Å². The zero-order valence-corrected chi connectivity index (χ0v) is 16.5. The van der Waals surface area contributed by atoms with Crippen molar-refractivity contribution < 1.29 is 9.53 Å². The lowest BCUT2D eigenvalue weighted by atomic mass is 10.2. The van der Waals surface area contributed by atoms with Crippen molar-refractivity contribution in [2.45, 2.75) is 18.8 Å². The number of ether oxygens (including phenoxy) is 1. The van der Waals surface area contributed by atoms with E-state index >= 15 is 0 Å². The molecule has 0 aromatic heterocycles. The first kappa shape index (κ1) is 19.1. The van der Waals surface area contributed by atoms with Crippen LogP contribution in [0.3, 0.4) is 0 Å². The van der Waals surface area contributed by atoms with Crippen molar-refractivity contribution in [2.75, 3.05) is 13.1 Å². The highest BCUT2D eigenvalue weighted by molar-refractivity contribution is 8.13. The topological polar surface area (TPSA) is 41.9 Å². The largest absolute Gasteiger partial charge is 0.481 e. The molecule has 7 heteroatoms. The van der Waals surface area contributed by atoms with Gasteiger partial charge in [-0.25, -0.2) is 0 Å². The van der Waals surface area contributed by atoms with Crippen molar-refractivity contribution in [3.05, 3.63) is 64.1 Å². The Morgan fingerprint density at radius 1 is 1.27 bits per heavy atom. The first-order chi connectivity index (χ1) is 12.5. The van der Waals surface area contributed by atoms with Gasteiger partial charge in [-0.15, -0.1) is 0 Å². The van der Waals surface area contributed by atoms with Gasteiger partial charge in [0.15, 0.2) is 11.3 Å². The number of rotatable bonds is 5. The van der Waals surface area contributed by atoms with E-state index in [1.165, 1.54) is 11.8 Å². The van der Waals surface area contributed by atoms with Crippen LogP contribution in [0.4, 0.5) is 0 Å². The van der Waals surface area contributed by atoms with E-state index in [2.05, 4.69) is 4.99 Å². The average Bonchev–Trinajstić information content (AvgIpc) is 3.09. The summed E-state index contributed by atoms with van der Waals surface area (Å²) in [5.41, 5.74) is 0.955. The Hall–Kier alpha value is -1.69. The summed E-state index contributed by atoms with van der Waals surface area (Å²) >= 11 is 13.6. The van der Waals surface area contributed by atoms with E-state index in [4.69, 9.17) is 27.9 Å². The molecule has 26 heavy (non-hydrogen) atoms. The molecule has 0 saturated carbocycles. The molecule has 1 atom stereocenters. The number of halogens is 2. The molecule has 0 bridgehead atoms. The van der Waals surface area contributed by atoms with Crippen LogP contribution in [-0.2, 0) is 10.5 Å². The second-order valence-corrected chi connectivity index (χ2v) is 7.54. The van der Waals surface area contributed by atoms with Crippen molar-refractivity contribution >= 4 is 46.0 Å². The number of carbonyl (C=O) groups excluding carboxylic acids is 1. The summed E-state index contributed by atoms with van der Waals surface area (Å²) in [7, 11) is 0. The van der Waals surface area contributed by atoms with Gasteiger partial charge in [-0.1, -0.05) is 59.2 Å². The van der Waals surface area contributed by atoms with Crippen LogP contribution in [0.2, 0.25) is 10.0 Å². The summed E-state index contributed by atoms with van der Waals surface area (Å²) in [5, 5.41) is 1.91. The van der Waals surface area contributed by atoms with Crippen LogP contribution < -0.4 is 4.74 Å². The van der Waals surface area contributed by atoms with Crippen LogP contribution in [0.5, 0.6) is 5.75 Å². The molecule has 2 aromatic rings. The fourth-order valence-electron chi connectivity index (χ4n) is 2.51. The molecule has 4 nitrogen and oxygen atoms in total. The average molecular weight is 409 g/mol. The van der Waals surface area contributed by atoms with Gasteiger partial charge in [0.05, 0.1) is 6.54 Å². The molecule has 136 valence electrons. The van der Waals surface area contributed by atoms with Crippen molar-refractivity contribution in [3.63, 3.8) is 0 Å². The van der Waals surface area contributed by atoms with Crippen molar-refractivity contribution in [2.24, 2.45) is 4.99 Å². The number of hydrogen-bond donors (Lipinski definition) is 0. The number of amides is 1. The first-order valence-electron chi connectivity index (χ1n) is 8.19. The zero-order chi connectivity index (χ0) is 18.5. The quantitative estimate of drug-likeness (QED) is 0.706. The molecule has 0 aliphatic carbocycles. The van der Waals surface area contributed by atoms with Gasteiger partial charge < -0.3 is 4.74 Å². The summed E-state index contributed by atoms with van der Waals surface area (Å²) in [6, 6.07) is 14.7. The highest BCUT2D eigenvalue weighted by Gasteiger charge is 2.29. The number of aliphatic imine (C=N–C) groups is 1. The van der Waals surface area contributed by atoms with Crippen LogP contribution in [0.15, 0.2) is 53.5 Å². The van der Waals surface area contributed by atoms with E-state index in [-0.39, 0.29) is 5.91 Å². The Morgan fingerprint density at radius 2 is 2.04 bits per heavy atom. The fourth-order valence-corrected chi connectivity index (χ4v) is 4.12. The van der Waals surface area contributed by atoms with Crippen LogP contribution in [0.25, 0.3) is 0 Å². The van der Waals surface area contributed by atoms with E-state index < -0.39 is 6.10 Å². The second kappa shape index (κ2) is 8.80. The number of amidine groups is 1. The molecule has 1 unspecified atom stereocenters. The molecule has 0 fully saturated rings. The third kappa shape index (κ3) is 4.72. The summed E-state index contributed by atoms with van der Waals surface area (Å²) in [5.74, 6) is 1.19. The SMILES string of the molecule is CC(Oc1ccccc1)C(=O)N1CCN=C1SCc1ccc(Cl)cc1Cl. The lowest BCUT2D eigenvalue weighted by Gasteiger charge is -2.22. The number of benzene rings is 2. The minimum Gasteiger partial charge on any atom is -0.481 e. The van der Waals surface area contributed by atoms with Gasteiger partial charge in [-0.05, 0) is 36.8 Å². The van der Waals surface area contributed by atoms with Crippen LogP contribution in [0.1, 0.15) is 12.5 Å². The number of nitrogens with zero attached hydrogens (tertiary/aromatic N) is 2. The van der Waals surface area contributed by atoms with Gasteiger partial charge >= 0.3 is 0 Å². The Labute approximate surface area is 167 Å². The number of para-hydroxylation sites is 1. The predicted octanol–water partition coefficient (Wildman–Crippen LogP) is 4.89. The van der Waals surface area contributed by atoms with E-state index in [1.54, 1.807) is 24.0 Å². The molecular formula is C19H18Cl2N2O2S. The zero-order valence-electron chi connectivity index (χ0n) is 14.2. The molecule has 1 aliphatic heterocycles.